The maximum atomic E-state index is 13.1. The van der Waals surface area contributed by atoms with Crippen LogP contribution in [0.25, 0.3) is 0 Å². The normalized spacial score (nSPS) is 14.2. The van der Waals surface area contributed by atoms with Crippen molar-refractivity contribution in [3.05, 3.63) is 0 Å². The number of phosphoric ester groups is 2. The molecular weight excluding hydrogens is 1340 g/mol. The minimum atomic E-state index is -4.96. The monoisotopic (exact) mass is 1510 g/mol. The first-order valence-electron chi connectivity index (χ1n) is 43.2. The van der Waals surface area contributed by atoms with E-state index in [1.165, 1.54) is 231 Å². The standard InChI is InChI=1S/C84H164O17P2/c1-9-77(8)63-55-47-38-32-26-19-16-17-21-29-35-41-51-59-66-83(88)100-79(70-94-81(86)64-56-48-39-33-27-23-22-25-31-37-45-53-61-75(4)5)72-98-102(90,91)96-68-78(85)69-97-103(92,93)99-73-80(71-95-82(87)65-57-49-43-42-46-54-62-76(6)7)101-84(89)67-58-50-40-34-28-20-15-13-11-10-12-14-18-24-30-36-44-52-60-74(2)3/h74-80,85H,9-73H2,1-8H3,(H,90,91)(H,92,93)/t77?,78?,79-,80-/m1/s1. The second-order valence-electron chi connectivity index (χ2n) is 31.9. The smallest absolute Gasteiger partial charge is 0.462 e. The zero-order chi connectivity index (χ0) is 76.0. The SMILES string of the molecule is CCC(C)CCCCCCCCCCCCCCCCC(=O)O[C@H](COC(=O)CCCCCCCCCCCCCCC(C)C)COP(=O)(O)OCC(O)COP(=O)(O)OC[C@@H](COC(=O)CCCCCCCCC(C)C)OC(=O)CCCCCCCCCCCCCCCCCCCCC(C)C. The maximum Gasteiger partial charge on any atom is 0.472 e. The molecule has 19 heteroatoms. The third-order valence-corrected chi connectivity index (χ3v) is 21.8. The summed E-state index contributed by atoms with van der Waals surface area (Å²) in [5.74, 6) is 1.02. The highest BCUT2D eigenvalue weighted by molar-refractivity contribution is 7.47. The summed E-state index contributed by atoms with van der Waals surface area (Å²) in [5.41, 5.74) is 0. The average Bonchev–Trinajstić information content (AvgIpc) is 0.911. The molecular formula is C84H164O17P2. The van der Waals surface area contributed by atoms with Gasteiger partial charge in [0.1, 0.15) is 19.3 Å². The number of aliphatic hydroxyl groups excluding tert-OH is 1. The van der Waals surface area contributed by atoms with Gasteiger partial charge in [-0.2, -0.15) is 0 Å². The van der Waals surface area contributed by atoms with Crippen molar-refractivity contribution in [2.75, 3.05) is 39.6 Å². The third kappa shape index (κ3) is 76.6. The molecule has 103 heavy (non-hydrogen) atoms. The van der Waals surface area contributed by atoms with Gasteiger partial charge in [0.05, 0.1) is 26.4 Å². The van der Waals surface area contributed by atoms with E-state index in [9.17, 15) is 43.2 Å². The van der Waals surface area contributed by atoms with Gasteiger partial charge < -0.3 is 33.8 Å². The van der Waals surface area contributed by atoms with Crippen LogP contribution in [-0.4, -0.2) is 96.7 Å². The molecule has 0 aliphatic rings. The number of carbonyl (C=O) groups is 4. The quantitative estimate of drug-likeness (QED) is 0.0222. The summed E-state index contributed by atoms with van der Waals surface area (Å²) < 4.78 is 68.8. The minimum Gasteiger partial charge on any atom is -0.462 e. The molecule has 0 heterocycles. The van der Waals surface area contributed by atoms with E-state index in [4.69, 9.17) is 37.0 Å². The first kappa shape index (κ1) is 101. The lowest BCUT2D eigenvalue weighted by molar-refractivity contribution is -0.161. The first-order valence-corrected chi connectivity index (χ1v) is 46.2. The van der Waals surface area contributed by atoms with Gasteiger partial charge in [-0.3, -0.25) is 37.3 Å². The van der Waals surface area contributed by atoms with Crippen LogP contribution in [0, 0.1) is 23.7 Å². The lowest BCUT2D eigenvalue weighted by Crippen LogP contribution is -2.30. The summed E-state index contributed by atoms with van der Waals surface area (Å²) in [6.45, 7) is 14.3. The summed E-state index contributed by atoms with van der Waals surface area (Å²) in [6.07, 6.45) is 61.2. The van der Waals surface area contributed by atoms with Crippen LogP contribution in [0.2, 0.25) is 0 Å². The second kappa shape index (κ2) is 72.9. The minimum absolute atomic E-state index is 0.107. The molecule has 0 spiro atoms. The van der Waals surface area contributed by atoms with Gasteiger partial charge in [0.15, 0.2) is 12.2 Å². The number of unbranched alkanes of at least 4 members (excludes halogenated alkanes) is 46. The molecule has 0 aliphatic heterocycles. The third-order valence-electron chi connectivity index (χ3n) is 19.9. The highest BCUT2D eigenvalue weighted by atomic mass is 31.2. The fraction of sp³-hybridized carbons (Fsp3) is 0.952. The van der Waals surface area contributed by atoms with Gasteiger partial charge in [-0.05, 0) is 49.4 Å². The summed E-state index contributed by atoms with van der Waals surface area (Å²) in [6, 6.07) is 0. The predicted molar refractivity (Wildman–Crippen MR) is 423 cm³/mol. The number of aliphatic hydroxyl groups is 1. The molecule has 0 saturated heterocycles. The van der Waals surface area contributed by atoms with E-state index in [1.54, 1.807) is 0 Å². The summed E-state index contributed by atoms with van der Waals surface area (Å²) in [4.78, 5) is 73.1. The maximum absolute atomic E-state index is 13.1. The van der Waals surface area contributed by atoms with E-state index in [0.29, 0.717) is 31.6 Å². The Balaban J connectivity index is 5.20. The van der Waals surface area contributed by atoms with Crippen molar-refractivity contribution in [1.82, 2.24) is 0 Å². The largest absolute Gasteiger partial charge is 0.472 e. The lowest BCUT2D eigenvalue weighted by atomic mass is 9.99. The van der Waals surface area contributed by atoms with Crippen molar-refractivity contribution in [2.45, 2.75) is 453 Å². The molecule has 612 valence electrons. The van der Waals surface area contributed by atoms with E-state index in [0.717, 1.165) is 114 Å². The molecule has 17 nitrogen and oxygen atoms in total. The number of ether oxygens (including phenoxy) is 4. The highest BCUT2D eigenvalue weighted by Gasteiger charge is 2.30. The van der Waals surface area contributed by atoms with Gasteiger partial charge in [0, 0.05) is 25.7 Å². The van der Waals surface area contributed by atoms with Crippen molar-refractivity contribution >= 4 is 39.5 Å². The Bertz CT molecular complexity index is 2010. The Hall–Kier alpha value is -1.94. The molecule has 0 fully saturated rings. The molecule has 0 aliphatic carbocycles. The van der Waals surface area contributed by atoms with Gasteiger partial charge in [0.25, 0.3) is 0 Å². The molecule has 0 aromatic heterocycles. The fourth-order valence-corrected chi connectivity index (χ4v) is 14.5. The Kier molecular flexibility index (Phi) is 71.5. The van der Waals surface area contributed by atoms with Crippen molar-refractivity contribution in [2.24, 2.45) is 23.7 Å². The molecule has 0 radical (unpaired) electrons. The number of hydrogen-bond donors (Lipinski definition) is 3. The molecule has 3 N–H and O–H groups in total. The number of carbonyl (C=O) groups excluding carboxylic acids is 4. The van der Waals surface area contributed by atoms with Gasteiger partial charge in [-0.1, -0.05) is 383 Å². The number of hydrogen-bond acceptors (Lipinski definition) is 15. The van der Waals surface area contributed by atoms with E-state index < -0.39 is 97.5 Å². The molecule has 0 bridgehead atoms. The lowest BCUT2D eigenvalue weighted by Gasteiger charge is -2.21. The Morgan fingerprint density at radius 1 is 0.272 bits per heavy atom. The van der Waals surface area contributed by atoms with Crippen molar-refractivity contribution in [3.63, 3.8) is 0 Å². The average molecular weight is 1510 g/mol. The number of esters is 4. The number of phosphoric acid groups is 2. The van der Waals surface area contributed by atoms with E-state index in [2.05, 4.69) is 55.4 Å². The zero-order valence-electron chi connectivity index (χ0n) is 68.0. The topological polar surface area (TPSA) is 237 Å². The van der Waals surface area contributed by atoms with Crippen LogP contribution < -0.4 is 0 Å². The van der Waals surface area contributed by atoms with Gasteiger partial charge in [-0.15, -0.1) is 0 Å². The van der Waals surface area contributed by atoms with E-state index in [-0.39, 0.29) is 25.7 Å². The van der Waals surface area contributed by atoms with Crippen LogP contribution in [0.3, 0.4) is 0 Å². The van der Waals surface area contributed by atoms with Crippen LogP contribution >= 0.6 is 15.6 Å². The molecule has 4 unspecified atom stereocenters. The van der Waals surface area contributed by atoms with E-state index in [1.807, 2.05) is 0 Å². The van der Waals surface area contributed by atoms with Gasteiger partial charge in [0.2, 0.25) is 0 Å². The highest BCUT2D eigenvalue weighted by Crippen LogP contribution is 2.45. The Labute approximate surface area is 632 Å². The Morgan fingerprint density at radius 2 is 0.466 bits per heavy atom. The fourth-order valence-electron chi connectivity index (χ4n) is 12.9. The van der Waals surface area contributed by atoms with Crippen molar-refractivity contribution < 1.29 is 80.2 Å². The van der Waals surface area contributed by atoms with Crippen molar-refractivity contribution in [3.8, 4) is 0 Å². The molecule has 6 atom stereocenters. The zero-order valence-corrected chi connectivity index (χ0v) is 69.7. The van der Waals surface area contributed by atoms with Crippen LogP contribution in [0.1, 0.15) is 434 Å². The van der Waals surface area contributed by atoms with Crippen LogP contribution in [0.15, 0.2) is 0 Å². The van der Waals surface area contributed by atoms with Crippen LogP contribution in [0.4, 0.5) is 0 Å². The second-order valence-corrected chi connectivity index (χ2v) is 34.8. The molecule has 0 saturated carbocycles. The summed E-state index contributed by atoms with van der Waals surface area (Å²) >= 11 is 0. The first-order chi connectivity index (χ1) is 49.6. The molecule has 0 aromatic carbocycles. The Morgan fingerprint density at radius 3 is 0.689 bits per heavy atom. The molecule has 0 aromatic rings. The van der Waals surface area contributed by atoms with Gasteiger partial charge >= 0.3 is 39.5 Å². The van der Waals surface area contributed by atoms with E-state index >= 15 is 0 Å². The predicted octanol–water partition coefficient (Wildman–Crippen LogP) is 25.2. The molecule has 0 amide bonds. The summed E-state index contributed by atoms with van der Waals surface area (Å²) in [7, 11) is -9.93. The van der Waals surface area contributed by atoms with Crippen LogP contribution in [0.5, 0.6) is 0 Å². The van der Waals surface area contributed by atoms with Crippen molar-refractivity contribution in [1.29, 1.82) is 0 Å². The van der Waals surface area contributed by atoms with Crippen LogP contribution in [-0.2, 0) is 65.4 Å². The molecule has 0 rings (SSSR count). The number of rotatable bonds is 81. The summed E-state index contributed by atoms with van der Waals surface area (Å²) in [5, 5.41) is 10.7. The van der Waals surface area contributed by atoms with Gasteiger partial charge in [-0.25, -0.2) is 9.13 Å².